The quantitative estimate of drug-likeness (QED) is 0.353. The molecule has 0 spiro atoms. The van der Waals surface area contributed by atoms with Crippen molar-refractivity contribution >= 4 is 54.6 Å². The number of rotatable bonds is 6. The number of furan rings is 1. The molecule has 2 aromatic rings. The summed E-state index contributed by atoms with van der Waals surface area (Å²) in [6.07, 6.45) is 1.25. The zero-order chi connectivity index (χ0) is 24.6. The van der Waals surface area contributed by atoms with E-state index in [4.69, 9.17) is 14.6 Å². The van der Waals surface area contributed by atoms with Crippen LogP contribution < -0.4 is 4.74 Å². The molecule has 2 aliphatic heterocycles. The number of amidine groups is 2. The summed E-state index contributed by atoms with van der Waals surface area (Å²) in [6, 6.07) is 7.35. The van der Waals surface area contributed by atoms with E-state index in [2.05, 4.69) is 10.1 Å². The molecule has 4 rings (SSSR count). The van der Waals surface area contributed by atoms with Gasteiger partial charge in [0.15, 0.2) is 5.84 Å². The van der Waals surface area contributed by atoms with Crippen LogP contribution >= 0.6 is 11.8 Å². The molecule has 0 atom stereocenters. The van der Waals surface area contributed by atoms with Gasteiger partial charge >= 0.3 is 0 Å². The Hall–Kier alpha value is -3.78. The van der Waals surface area contributed by atoms with Crippen LogP contribution in [0, 0.1) is 15.5 Å². The summed E-state index contributed by atoms with van der Waals surface area (Å²) in [5.74, 6) is -0.659. The van der Waals surface area contributed by atoms with Gasteiger partial charge in [0.25, 0.3) is 11.6 Å². The number of carbonyl (C=O) groups excluding carboxylic acids is 1. The number of nitrogens with one attached hydrogen (secondary N) is 1. The molecule has 176 valence electrons. The van der Waals surface area contributed by atoms with Crippen LogP contribution in [0.15, 0.2) is 50.4 Å². The van der Waals surface area contributed by atoms with Crippen molar-refractivity contribution in [3.63, 3.8) is 0 Å². The Bertz CT molecular complexity index is 1420. The summed E-state index contributed by atoms with van der Waals surface area (Å²) in [5, 5.41) is 24.7. The zero-order valence-corrected chi connectivity index (χ0v) is 19.5. The molecule has 3 heterocycles. The lowest BCUT2D eigenvalue weighted by Gasteiger charge is -2.19. The highest BCUT2D eigenvalue weighted by molar-refractivity contribution is 8.42. The number of ether oxygens (including phenoxy) is 1. The van der Waals surface area contributed by atoms with Gasteiger partial charge in [-0.05, 0) is 49.0 Å². The molecule has 1 aromatic heterocycles. The van der Waals surface area contributed by atoms with Crippen molar-refractivity contribution < 1.29 is 27.3 Å². The fraction of sp³-hybridized carbons (Fsp3) is 0.200. The molecule has 1 amide bonds. The number of carbonyl (C=O) groups is 1. The van der Waals surface area contributed by atoms with Gasteiger partial charge in [-0.1, -0.05) is 6.92 Å². The average molecular weight is 504 g/mol. The first-order chi connectivity index (χ1) is 16.1. The number of thioether (sulfide) groups is 1. The molecule has 2 aliphatic rings. The maximum Gasteiger partial charge on any atom is 0.284 e. The van der Waals surface area contributed by atoms with Crippen LogP contribution in [0.4, 0.5) is 5.69 Å². The van der Waals surface area contributed by atoms with Crippen LogP contribution in [0.1, 0.15) is 19.6 Å². The first-order valence-corrected chi connectivity index (χ1v) is 12.4. The van der Waals surface area contributed by atoms with E-state index in [1.807, 2.05) is 0 Å². The van der Waals surface area contributed by atoms with E-state index in [9.17, 15) is 23.3 Å². The van der Waals surface area contributed by atoms with Gasteiger partial charge in [0.1, 0.15) is 17.3 Å². The number of hydrazone groups is 1. The molecule has 0 unspecified atom stereocenters. The summed E-state index contributed by atoms with van der Waals surface area (Å²) in [6.45, 7) is 3.58. The summed E-state index contributed by atoms with van der Waals surface area (Å²) in [4.78, 5) is 27.3. The van der Waals surface area contributed by atoms with Crippen LogP contribution in [-0.2, 0) is 14.6 Å². The van der Waals surface area contributed by atoms with Gasteiger partial charge in [0.2, 0.25) is 19.4 Å². The highest BCUT2D eigenvalue weighted by Gasteiger charge is 2.39. The Labute approximate surface area is 197 Å². The molecule has 1 N–H and O–H groups in total. The van der Waals surface area contributed by atoms with Crippen LogP contribution in [0.2, 0.25) is 0 Å². The molecular weight excluding hydrogens is 486 g/mol. The molecule has 0 aliphatic carbocycles. The summed E-state index contributed by atoms with van der Waals surface area (Å²) in [5.41, 5.74) is -0.188. The van der Waals surface area contributed by atoms with E-state index in [1.165, 1.54) is 37.3 Å². The third-order valence-corrected chi connectivity index (χ3v) is 7.83. The fourth-order valence-corrected chi connectivity index (χ4v) is 5.23. The predicted molar refractivity (Wildman–Crippen MR) is 126 cm³/mol. The van der Waals surface area contributed by atoms with Crippen LogP contribution in [-0.4, -0.2) is 52.0 Å². The van der Waals surface area contributed by atoms with E-state index < -0.39 is 20.7 Å². The van der Waals surface area contributed by atoms with E-state index >= 15 is 0 Å². The number of hydrogen-bond donors (Lipinski definition) is 1. The first kappa shape index (κ1) is 23.4. The predicted octanol–water partition coefficient (Wildman–Crippen LogP) is 3.26. The Balaban J connectivity index is 1.67. The highest BCUT2D eigenvalue weighted by Crippen LogP contribution is 2.35. The van der Waals surface area contributed by atoms with E-state index in [-0.39, 0.29) is 49.5 Å². The molecule has 12 nitrogen and oxygen atoms in total. The molecule has 0 saturated carbocycles. The molecule has 34 heavy (non-hydrogen) atoms. The lowest BCUT2D eigenvalue weighted by atomic mass is 10.1. The van der Waals surface area contributed by atoms with Crippen molar-refractivity contribution in [1.82, 2.24) is 5.01 Å². The van der Waals surface area contributed by atoms with Gasteiger partial charge in [-0.15, -0.1) is 5.10 Å². The Morgan fingerprint density at radius 2 is 2.06 bits per heavy atom. The third-order valence-electron chi connectivity index (χ3n) is 4.74. The number of fused-ring (bicyclic) bond motifs is 1. The Morgan fingerprint density at radius 1 is 1.29 bits per heavy atom. The lowest BCUT2D eigenvalue weighted by molar-refractivity contribution is -0.384. The van der Waals surface area contributed by atoms with Crippen molar-refractivity contribution in [2.24, 2.45) is 10.1 Å². The van der Waals surface area contributed by atoms with Gasteiger partial charge in [-0.2, -0.15) is 10.0 Å². The number of aliphatic imine (C=N–C) groups is 1. The fourth-order valence-electron chi connectivity index (χ4n) is 3.07. The largest absolute Gasteiger partial charge is 0.494 e. The third kappa shape index (κ3) is 4.24. The van der Waals surface area contributed by atoms with E-state index in [0.717, 1.165) is 5.01 Å². The standard InChI is InChI=1S/C20H17N5O7S2/c1-3-31-11-5-7-13(15(10-11)25(27)28)16-8-6-12(32-16)9-14-17(21)24-19(22-18(14)26)33-20(23-24)34(29,30)4-2/h5-10,21H,3-4H2,1-2H3/b14-9+,21-17?. The van der Waals surface area contributed by atoms with Gasteiger partial charge in [-0.25, -0.2) is 8.42 Å². The molecule has 0 bridgehead atoms. The van der Waals surface area contributed by atoms with Crippen molar-refractivity contribution in [3.05, 3.63) is 51.8 Å². The summed E-state index contributed by atoms with van der Waals surface area (Å²) in [7, 11) is -3.64. The molecule has 0 fully saturated rings. The van der Waals surface area contributed by atoms with E-state index in [0.29, 0.717) is 24.1 Å². The molecule has 0 radical (unpaired) electrons. The Morgan fingerprint density at radius 3 is 2.74 bits per heavy atom. The monoisotopic (exact) mass is 503 g/mol. The zero-order valence-electron chi connectivity index (χ0n) is 17.8. The average Bonchev–Trinajstić information content (AvgIpc) is 3.44. The van der Waals surface area contributed by atoms with Crippen molar-refractivity contribution in [2.75, 3.05) is 12.4 Å². The van der Waals surface area contributed by atoms with Gasteiger partial charge in [0, 0.05) is 0 Å². The minimum atomic E-state index is -3.64. The van der Waals surface area contributed by atoms with Gasteiger partial charge < -0.3 is 9.15 Å². The van der Waals surface area contributed by atoms with Crippen molar-refractivity contribution in [3.8, 4) is 17.1 Å². The number of nitro benzene ring substituents is 1. The Kier molecular flexibility index (Phi) is 6.10. The first-order valence-electron chi connectivity index (χ1n) is 9.89. The summed E-state index contributed by atoms with van der Waals surface area (Å²) >= 11 is 0.704. The molecule has 1 aromatic carbocycles. The minimum Gasteiger partial charge on any atom is -0.494 e. The minimum absolute atomic E-state index is 0.0238. The number of hydrogen-bond acceptors (Lipinski definition) is 10. The van der Waals surface area contributed by atoms with Gasteiger partial charge in [0.05, 0.1) is 34.5 Å². The van der Waals surface area contributed by atoms with Crippen LogP contribution in [0.5, 0.6) is 5.75 Å². The van der Waals surface area contributed by atoms with Crippen LogP contribution in [0.3, 0.4) is 0 Å². The highest BCUT2D eigenvalue weighted by atomic mass is 32.3. The second-order valence-corrected chi connectivity index (χ2v) is 10.3. The number of sulfone groups is 1. The smallest absolute Gasteiger partial charge is 0.284 e. The molecule has 0 saturated heterocycles. The molecular formula is C20H17N5O7S2. The number of amides is 1. The van der Waals surface area contributed by atoms with Crippen molar-refractivity contribution in [1.29, 1.82) is 5.41 Å². The van der Waals surface area contributed by atoms with Crippen molar-refractivity contribution in [2.45, 2.75) is 13.8 Å². The van der Waals surface area contributed by atoms with Gasteiger partial charge in [-0.3, -0.25) is 20.3 Å². The number of benzene rings is 1. The topological polar surface area (TPSA) is 169 Å². The second kappa shape index (κ2) is 8.87. The van der Waals surface area contributed by atoms with Crippen LogP contribution in [0.25, 0.3) is 17.4 Å². The normalized spacial score (nSPS) is 17.0. The number of nitrogens with zero attached hydrogens (tertiary/aromatic N) is 4. The molecule has 14 heteroatoms. The second-order valence-electron chi connectivity index (χ2n) is 6.86. The SMILES string of the molecule is CCOc1ccc(-c2ccc(/C=C3\C(=N)N4N=C(S(=O)(=O)CC)SC4=NC3=O)o2)c([N+](=O)[O-])c1. The lowest BCUT2D eigenvalue weighted by Crippen LogP contribution is -2.35. The number of nitro groups is 1. The maximum absolute atomic E-state index is 12.5. The summed E-state index contributed by atoms with van der Waals surface area (Å²) < 4.78 is 35.0. The van der Waals surface area contributed by atoms with E-state index in [1.54, 1.807) is 13.0 Å². The maximum atomic E-state index is 12.5.